The Hall–Kier alpha value is -2.11. The summed E-state index contributed by atoms with van der Waals surface area (Å²) in [5.41, 5.74) is 0.390. The number of methoxy groups -OCH3 is 1. The molecular weight excluding hydrogens is 428 g/mol. The third-order valence-corrected chi connectivity index (χ3v) is 7.79. The summed E-state index contributed by atoms with van der Waals surface area (Å²) in [5, 5.41) is 11.0. The maximum Gasteiger partial charge on any atom is 0.277 e. The van der Waals surface area contributed by atoms with E-state index in [1.807, 2.05) is 0 Å². The van der Waals surface area contributed by atoms with Gasteiger partial charge in [-0.2, -0.15) is 4.31 Å². The summed E-state index contributed by atoms with van der Waals surface area (Å²) < 4.78 is 38.4. The first kappa shape index (κ1) is 21.1. The van der Waals surface area contributed by atoms with Crippen LogP contribution in [0.15, 0.2) is 32.7 Å². The lowest BCUT2D eigenvalue weighted by Crippen LogP contribution is -2.35. The van der Waals surface area contributed by atoms with Gasteiger partial charge in [-0.3, -0.25) is 4.79 Å². The zero-order valence-corrected chi connectivity index (χ0v) is 18.3. The summed E-state index contributed by atoms with van der Waals surface area (Å²) in [6.45, 7) is 0.984. The minimum absolute atomic E-state index is 0.0586. The summed E-state index contributed by atoms with van der Waals surface area (Å²) in [7, 11) is -2.27. The molecular formula is C19H24N4O5S2. The van der Waals surface area contributed by atoms with Gasteiger partial charge in [-0.25, -0.2) is 8.42 Å². The fourth-order valence-corrected chi connectivity index (χ4v) is 5.57. The Labute approximate surface area is 179 Å². The van der Waals surface area contributed by atoms with Gasteiger partial charge in [0, 0.05) is 24.7 Å². The van der Waals surface area contributed by atoms with E-state index in [2.05, 4.69) is 15.5 Å². The van der Waals surface area contributed by atoms with Gasteiger partial charge in [-0.15, -0.1) is 10.2 Å². The molecule has 0 bridgehead atoms. The first-order valence-electron chi connectivity index (χ1n) is 9.91. The number of rotatable bonds is 8. The normalized spacial score (nSPS) is 17.6. The molecule has 2 fully saturated rings. The molecule has 1 aliphatic heterocycles. The molecule has 4 rings (SSSR count). The van der Waals surface area contributed by atoms with E-state index in [0.29, 0.717) is 35.8 Å². The summed E-state index contributed by atoms with van der Waals surface area (Å²) in [5.74, 6) is 1.02. The van der Waals surface area contributed by atoms with Crippen molar-refractivity contribution in [1.82, 2.24) is 14.5 Å². The van der Waals surface area contributed by atoms with Crippen molar-refractivity contribution in [3.05, 3.63) is 24.1 Å². The highest BCUT2D eigenvalue weighted by atomic mass is 32.2. The fraction of sp³-hybridized carbons (Fsp3) is 0.526. The molecule has 162 valence electrons. The maximum atomic E-state index is 13.1. The molecule has 0 radical (unpaired) electrons. The van der Waals surface area contributed by atoms with E-state index >= 15 is 0 Å². The average molecular weight is 453 g/mol. The second kappa shape index (κ2) is 8.94. The number of nitrogens with one attached hydrogen (secondary N) is 1. The molecule has 2 aromatic rings. The number of sulfonamides is 1. The van der Waals surface area contributed by atoms with Gasteiger partial charge in [0.2, 0.25) is 21.8 Å². The van der Waals surface area contributed by atoms with Crippen molar-refractivity contribution in [2.24, 2.45) is 0 Å². The zero-order valence-electron chi connectivity index (χ0n) is 16.7. The molecule has 0 spiro atoms. The standard InChI is InChI=1S/C19H24N4O5S2/c1-27-15-8-7-14(11-16(15)30(25,26)23-9-3-2-4-10-23)20-17(24)12-29-19-22-21-18(28-19)13-5-6-13/h7-8,11,13H,2-6,9-10,12H2,1H3,(H,20,24). The number of hydrogen-bond donors (Lipinski definition) is 1. The van der Waals surface area contributed by atoms with Crippen molar-refractivity contribution in [3.8, 4) is 5.75 Å². The van der Waals surface area contributed by atoms with Crippen LogP contribution in [0.3, 0.4) is 0 Å². The second-order valence-corrected chi connectivity index (χ2v) is 10.2. The molecule has 1 saturated heterocycles. The number of anilines is 1. The average Bonchev–Trinajstić information content (AvgIpc) is 3.50. The van der Waals surface area contributed by atoms with Crippen molar-refractivity contribution in [3.63, 3.8) is 0 Å². The van der Waals surface area contributed by atoms with Gasteiger partial charge in [0.25, 0.3) is 5.22 Å². The van der Waals surface area contributed by atoms with Crippen LogP contribution in [0, 0.1) is 0 Å². The Morgan fingerprint density at radius 3 is 2.73 bits per heavy atom. The molecule has 9 nitrogen and oxygen atoms in total. The Morgan fingerprint density at radius 1 is 1.27 bits per heavy atom. The predicted octanol–water partition coefficient (Wildman–Crippen LogP) is 2.86. The van der Waals surface area contributed by atoms with Crippen LogP contribution in [0.5, 0.6) is 5.75 Å². The number of ether oxygens (including phenoxy) is 1. The van der Waals surface area contributed by atoms with Crippen LogP contribution in [-0.4, -0.2) is 54.8 Å². The van der Waals surface area contributed by atoms with E-state index in [9.17, 15) is 13.2 Å². The van der Waals surface area contributed by atoms with E-state index < -0.39 is 10.0 Å². The molecule has 30 heavy (non-hydrogen) atoms. The van der Waals surface area contributed by atoms with Crippen LogP contribution < -0.4 is 10.1 Å². The fourth-order valence-electron chi connectivity index (χ4n) is 3.30. The van der Waals surface area contributed by atoms with Gasteiger partial charge in [0.05, 0.1) is 12.9 Å². The molecule has 1 aromatic heterocycles. The van der Waals surface area contributed by atoms with Gasteiger partial charge < -0.3 is 14.5 Å². The third kappa shape index (κ3) is 4.79. The van der Waals surface area contributed by atoms with Crippen LogP contribution in [0.25, 0.3) is 0 Å². The number of piperidine rings is 1. The van der Waals surface area contributed by atoms with Gasteiger partial charge in [0.15, 0.2) is 0 Å². The van der Waals surface area contributed by atoms with Crippen LogP contribution in [0.2, 0.25) is 0 Å². The number of aromatic nitrogens is 2. The molecule has 0 unspecified atom stereocenters. The highest BCUT2D eigenvalue weighted by molar-refractivity contribution is 7.99. The molecule has 11 heteroatoms. The quantitative estimate of drug-likeness (QED) is 0.608. The predicted molar refractivity (Wildman–Crippen MR) is 111 cm³/mol. The van der Waals surface area contributed by atoms with E-state index in [1.165, 1.54) is 17.5 Å². The third-order valence-electron chi connectivity index (χ3n) is 5.06. The Bertz CT molecular complexity index is 1010. The summed E-state index contributed by atoms with van der Waals surface area (Å²) in [4.78, 5) is 12.4. The monoisotopic (exact) mass is 452 g/mol. The van der Waals surface area contributed by atoms with Gasteiger partial charge in [-0.1, -0.05) is 18.2 Å². The molecule has 1 saturated carbocycles. The zero-order chi connectivity index (χ0) is 21.1. The molecule has 1 aromatic carbocycles. The highest BCUT2D eigenvalue weighted by Crippen LogP contribution is 2.39. The van der Waals surface area contributed by atoms with Crippen LogP contribution in [0.4, 0.5) is 5.69 Å². The molecule has 2 heterocycles. The number of benzene rings is 1. The summed E-state index contributed by atoms with van der Waals surface area (Å²) in [6.07, 6.45) is 4.83. The van der Waals surface area contributed by atoms with E-state index in [4.69, 9.17) is 9.15 Å². The number of amides is 1. The Balaban J connectivity index is 1.43. The summed E-state index contributed by atoms with van der Waals surface area (Å²) >= 11 is 1.15. The van der Waals surface area contributed by atoms with Gasteiger partial charge >= 0.3 is 0 Å². The lowest BCUT2D eigenvalue weighted by molar-refractivity contribution is -0.113. The van der Waals surface area contributed by atoms with Gasteiger partial charge in [0.1, 0.15) is 10.6 Å². The highest BCUT2D eigenvalue weighted by Gasteiger charge is 2.30. The van der Waals surface area contributed by atoms with Crippen LogP contribution >= 0.6 is 11.8 Å². The Kier molecular flexibility index (Phi) is 6.30. The lowest BCUT2D eigenvalue weighted by atomic mass is 10.2. The van der Waals surface area contributed by atoms with E-state index in [0.717, 1.165) is 43.9 Å². The van der Waals surface area contributed by atoms with Crippen molar-refractivity contribution in [2.45, 2.75) is 48.1 Å². The Morgan fingerprint density at radius 2 is 2.03 bits per heavy atom. The molecule has 1 amide bonds. The molecule has 2 aliphatic rings. The molecule has 0 atom stereocenters. The largest absolute Gasteiger partial charge is 0.495 e. The SMILES string of the molecule is COc1ccc(NC(=O)CSc2nnc(C3CC3)o2)cc1S(=O)(=O)N1CCCCC1. The van der Waals surface area contributed by atoms with E-state index in [-0.39, 0.29) is 22.3 Å². The maximum absolute atomic E-state index is 13.1. The number of nitrogens with zero attached hydrogens (tertiary/aromatic N) is 3. The van der Waals surface area contributed by atoms with Gasteiger partial charge in [-0.05, 0) is 43.9 Å². The number of hydrogen-bond acceptors (Lipinski definition) is 8. The van der Waals surface area contributed by atoms with Crippen molar-refractivity contribution in [1.29, 1.82) is 0 Å². The van der Waals surface area contributed by atoms with Crippen LogP contribution in [0.1, 0.15) is 43.9 Å². The smallest absolute Gasteiger partial charge is 0.277 e. The number of thioether (sulfide) groups is 1. The number of carbonyl (C=O) groups excluding carboxylic acids is 1. The minimum atomic E-state index is -3.70. The van der Waals surface area contributed by atoms with Crippen molar-refractivity contribution >= 4 is 33.4 Å². The first-order valence-corrected chi connectivity index (χ1v) is 12.3. The molecule has 1 N–H and O–H groups in total. The number of carbonyl (C=O) groups is 1. The summed E-state index contributed by atoms with van der Waals surface area (Å²) in [6, 6.07) is 4.62. The topological polar surface area (TPSA) is 115 Å². The van der Waals surface area contributed by atoms with E-state index in [1.54, 1.807) is 12.1 Å². The van der Waals surface area contributed by atoms with Crippen LogP contribution in [-0.2, 0) is 14.8 Å². The minimum Gasteiger partial charge on any atom is -0.495 e. The van der Waals surface area contributed by atoms with Crippen molar-refractivity contribution in [2.75, 3.05) is 31.3 Å². The van der Waals surface area contributed by atoms with Crippen molar-refractivity contribution < 1.29 is 22.4 Å². The lowest BCUT2D eigenvalue weighted by Gasteiger charge is -2.26. The second-order valence-electron chi connectivity index (χ2n) is 7.35. The molecule has 1 aliphatic carbocycles. The first-order chi connectivity index (χ1) is 14.5.